The maximum atomic E-state index is 13.2. The molecule has 0 aliphatic carbocycles. The molecule has 0 radical (unpaired) electrons. The Kier molecular flexibility index (Phi) is 6.38. The van der Waals surface area contributed by atoms with Gasteiger partial charge in [-0.15, -0.1) is 0 Å². The maximum Gasteiger partial charge on any atom is 0.332 e. The summed E-state index contributed by atoms with van der Waals surface area (Å²) in [6, 6.07) is 12.5. The van der Waals surface area contributed by atoms with Crippen molar-refractivity contribution in [2.45, 2.75) is 12.5 Å². The first-order valence-electron chi connectivity index (χ1n) is 9.10. The van der Waals surface area contributed by atoms with Gasteiger partial charge in [-0.3, -0.25) is 9.48 Å². The Balaban J connectivity index is 1.67. The van der Waals surface area contributed by atoms with E-state index in [9.17, 15) is 19.1 Å². The van der Waals surface area contributed by atoms with E-state index in [0.717, 1.165) is 11.3 Å². The molecule has 1 aromatic heterocycles. The van der Waals surface area contributed by atoms with Crippen LogP contribution in [0.2, 0.25) is 0 Å². The second kappa shape index (κ2) is 9.15. The molecule has 0 fully saturated rings. The highest BCUT2D eigenvalue weighted by atomic mass is 19.1. The quantitative estimate of drug-likeness (QED) is 0.521. The van der Waals surface area contributed by atoms with Gasteiger partial charge in [-0.05, 0) is 48.0 Å². The van der Waals surface area contributed by atoms with E-state index in [1.807, 2.05) is 0 Å². The number of benzene rings is 2. The molecule has 0 saturated heterocycles. The van der Waals surface area contributed by atoms with Gasteiger partial charge < -0.3 is 15.5 Å². The summed E-state index contributed by atoms with van der Waals surface area (Å²) in [7, 11) is 1.76. The topological polar surface area (TPSA) is 104 Å². The van der Waals surface area contributed by atoms with Crippen molar-refractivity contribution in [1.29, 1.82) is 0 Å². The van der Waals surface area contributed by atoms with Gasteiger partial charge in [0, 0.05) is 36.4 Å². The lowest BCUT2D eigenvalue weighted by Crippen LogP contribution is -2.21. The van der Waals surface area contributed by atoms with Crippen LogP contribution in [-0.4, -0.2) is 38.0 Å². The first-order valence-corrected chi connectivity index (χ1v) is 9.10. The van der Waals surface area contributed by atoms with E-state index < -0.39 is 12.1 Å². The number of anilines is 1. The number of aliphatic hydroxyl groups excluding tert-OH is 1. The van der Waals surface area contributed by atoms with Crippen molar-refractivity contribution in [3.8, 4) is 11.3 Å². The Bertz CT molecular complexity index is 1070. The Morgan fingerprint density at radius 1 is 1.17 bits per heavy atom. The number of amides is 1. The number of aryl methyl sites for hydroxylation is 1. The molecule has 0 aliphatic heterocycles. The number of carbonyl (C=O) groups is 2. The lowest BCUT2D eigenvalue weighted by Gasteiger charge is -2.07. The molecule has 3 aromatic rings. The van der Waals surface area contributed by atoms with Gasteiger partial charge in [-0.1, -0.05) is 12.1 Å². The predicted molar refractivity (Wildman–Crippen MR) is 110 cm³/mol. The van der Waals surface area contributed by atoms with Crippen LogP contribution in [0.4, 0.5) is 10.1 Å². The first-order chi connectivity index (χ1) is 14.3. The summed E-state index contributed by atoms with van der Waals surface area (Å²) in [5, 5.41) is 25.0. The third-order valence-electron chi connectivity index (χ3n) is 4.43. The Morgan fingerprint density at radius 2 is 1.83 bits per heavy atom. The van der Waals surface area contributed by atoms with Crippen LogP contribution in [0.25, 0.3) is 17.3 Å². The fraction of sp³-hybridized carbons (Fsp3) is 0.136. The largest absolute Gasteiger partial charge is 0.479 e. The van der Waals surface area contributed by atoms with E-state index in [1.54, 1.807) is 60.4 Å². The van der Waals surface area contributed by atoms with Gasteiger partial charge in [0.15, 0.2) is 6.10 Å². The number of carbonyl (C=O) groups excluding carboxylic acids is 1. The molecule has 3 rings (SSSR count). The highest BCUT2D eigenvalue weighted by Crippen LogP contribution is 2.24. The van der Waals surface area contributed by atoms with Crippen LogP contribution in [0.15, 0.2) is 60.8 Å². The lowest BCUT2D eigenvalue weighted by molar-refractivity contribution is -0.146. The number of hydrogen-bond acceptors (Lipinski definition) is 4. The number of carboxylic acid groups (broad SMARTS) is 1. The van der Waals surface area contributed by atoms with Gasteiger partial charge in [0.05, 0.1) is 11.9 Å². The predicted octanol–water partition coefficient (Wildman–Crippen LogP) is 2.87. The zero-order valence-electron chi connectivity index (χ0n) is 16.1. The van der Waals surface area contributed by atoms with E-state index >= 15 is 0 Å². The van der Waals surface area contributed by atoms with Crippen molar-refractivity contribution in [3.63, 3.8) is 0 Å². The van der Waals surface area contributed by atoms with Crippen LogP contribution in [0.3, 0.4) is 0 Å². The molecule has 0 bridgehead atoms. The minimum atomic E-state index is -1.47. The highest BCUT2D eigenvalue weighted by molar-refractivity contribution is 6.02. The van der Waals surface area contributed by atoms with Crippen LogP contribution in [-0.2, 0) is 23.1 Å². The second-order valence-electron chi connectivity index (χ2n) is 6.66. The molecule has 30 heavy (non-hydrogen) atoms. The second-order valence-corrected chi connectivity index (χ2v) is 6.66. The van der Waals surface area contributed by atoms with Gasteiger partial charge in [0.1, 0.15) is 5.82 Å². The smallest absolute Gasteiger partial charge is 0.332 e. The van der Waals surface area contributed by atoms with E-state index in [4.69, 9.17) is 5.11 Å². The van der Waals surface area contributed by atoms with Crippen LogP contribution >= 0.6 is 0 Å². The number of nitrogens with zero attached hydrogens (tertiary/aromatic N) is 2. The third-order valence-corrected chi connectivity index (χ3v) is 4.43. The van der Waals surface area contributed by atoms with Gasteiger partial charge in [0.2, 0.25) is 5.91 Å². The monoisotopic (exact) mass is 409 g/mol. The van der Waals surface area contributed by atoms with E-state index in [-0.39, 0.29) is 18.1 Å². The minimum absolute atomic E-state index is 0.0172. The van der Waals surface area contributed by atoms with E-state index in [1.165, 1.54) is 18.2 Å². The first kappa shape index (κ1) is 20.9. The zero-order chi connectivity index (χ0) is 21.7. The van der Waals surface area contributed by atoms with Crippen molar-refractivity contribution >= 4 is 23.6 Å². The number of aromatic nitrogens is 2. The number of hydrogen-bond donors (Lipinski definition) is 3. The van der Waals surface area contributed by atoms with E-state index in [0.29, 0.717) is 16.8 Å². The molecule has 0 saturated carbocycles. The molecule has 1 heterocycles. The summed E-state index contributed by atoms with van der Waals surface area (Å²) in [5.41, 5.74) is 3.40. The molecule has 1 atom stereocenters. The van der Waals surface area contributed by atoms with Crippen LogP contribution in [0.1, 0.15) is 11.1 Å². The van der Waals surface area contributed by atoms with Crippen molar-refractivity contribution in [1.82, 2.24) is 9.78 Å². The maximum absolute atomic E-state index is 13.2. The number of halogens is 1. The number of aliphatic hydroxyl groups is 1. The van der Waals surface area contributed by atoms with Crippen molar-refractivity contribution in [3.05, 3.63) is 77.7 Å². The summed E-state index contributed by atoms with van der Waals surface area (Å²) in [6.07, 6.45) is 3.12. The molecular weight excluding hydrogens is 389 g/mol. The van der Waals surface area contributed by atoms with Crippen molar-refractivity contribution in [2.75, 3.05) is 5.32 Å². The van der Waals surface area contributed by atoms with E-state index in [2.05, 4.69) is 10.4 Å². The molecule has 3 N–H and O–H groups in total. The van der Waals surface area contributed by atoms with Gasteiger partial charge >= 0.3 is 5.97 Å². The Morgan fingerprint density at radius 3 is 2.47 bits per heavy atom. The fourth-order valence-electron chi connectivity index (χ4n) is 2.92. The molecule has 0 aliphatic rings. The van der Waals surface area contributed by atoms with Crippen LogP contribution in [0, 0.1) is 5.82 Å². The lowest BCUT2D eigenvalue weighted by atomic mass is 10.1. The third kappa shape index (κ3) is 5.18. The Hall–Kier alpha value is -3.78. The summed E-state index contributed by atoms with van der Waals surface area (Å²) < 4.78 is 14.8. The minimum Gasteiger partial charge on any atom is -0.479 e. The summed E-state index contributed by atoms with van der Waals surface area (Å²) in [6.45, 7) is 0. The van der Waals surface area contributed by atoms with Crippen LogP contribution in [0.5, 0.6) is 0 Å². The summed E-state index contributed by atoms with van der Waals surface area (Å²) >= 11 is 0. The van der Waals surface area contributed by atoms with Crippen molar-refractivity contribution < 1.29 is 24.2 Å². The molecule has 0 spiro atoms. The van der Waals surface area contributed by atoms with Gasteiger partial charge in [-0.25, -0.2) is 9.18 Å². The number of nitrogens with one attached hydrogen (secondary N) is 1. The molecule has 7 nitrogen and oxygen atoms in total. The average Bonchev–Trinajstić information content (AvgIpc) is 3.09. The molecule has 1 amide bonds. The molecule has 1 unspecified atom stereocenters. The van der Waals surface area contributed by atoms with Crippen LogP contribution < -0.4 is 5.32 Å². The highest BCUT2D eigenvalue weighted by Gasteiger charge is 2.13. The van der Waals surface area contributed by atoms with Gasteiger partial charge in [0.25, 0.3) is 0 Å². The normalized spacial score (nSPS) is 12.1. The number of rotatable bonds is 7. The van der Waals surface area contributed by atoms with Crippen molar-refractivity contribution in [2.24, 2.45) is 7.05 Å². The molecule has 8 heteroatoms. The number of aliphatic carboxylic acids is 1. The molecular formula is C22H20FN3O4. The SMILES string of the molecule is Cn1ncc(/C=C/C(=O)Nc2ccc(CC(O)C(=O)O)cc2)c1-c1ccc(F)cc1. The zero-order valence-corrected chi connectivity index (χ0v) is 16.1. The fourth-order valence-corrected chi connectivity index (χ4v) is 2.92. The summed E-state index contributed by atoms with van der Waals surface area (Å²) in [5.74, 6) is -1.98. The average molecular weight is 409 g/mol. The Labute approximate surface area is 172 Å². The summed E-state index contributed by atoms with van der Waals surface area (Å²) in [4.78, 5) is 22.9. The standard InChI is InChI=1S/C22H20FN3O4/c1-26-21(15-4-7-17(23)8-5-15)16(13-24-26)6-11-20(28)25-18-9-2-14(3-10-18)12-19(27)22(29)30/h2-11,13,19,27H,12H2,1H3,(H,25,28)(H,29,30)/b11-6+. The molecule has 154 valence electrons. The number of carboxylic acids is 1. The molecule has 2 aromatic carbocycles. The van der Waals surface area contributed by atoms with Gasteiger partial charge in [-0.2, -0.15) is 5.10 Å².